The van der Waals surface area contributed by atoms with Gasteiger partial charge in [-0.15, -0.1) is 0 Å². The van der Waals surface area contributed by atoms with Gasteiger partial charge in [-0.1, -0.05) is 19.0 Å². The van der Waals surface area contributed by atoms with Crippen molar-refractivity contribution in [3.63, 3.8) is 0 Å². The number of nitrogens with zero attached hydrogens (tertiary/aromatic N) is 3. The van der Waals surface area contributed by atoms with E-state index in [-0.39, 0.29) is 0 Å². The van der Waals surface area contributed by atoms with Crippen LogP contribution >= 0.6 is 0 Å². The second-order valence-electron chi connectivity index (χ2n) is 3.98. The van der Waals surface area contributed by atoms with Gasteiger partial charge in [-0.25, -0.2) is 0 Å². The lowest BCUT2D eigenvalue weighted by molar-refractivity contribution is 0.364. The fraction of sp³-hybridized carbons (Fsp3) is 0.500. The summed E-state index contributed by atoms with van der Waals surface area (Å²) in [6.45, 7) is 5.26. The summed E-state index contributed by atoms with van der Waals surface area (Å²) in [5.74, 6) is 0.797. The van der Waals surface area contributed by atoms with Crippen LogP contribution in [0.2, 0.25) is 0 Å². The smallest absolute Gasteiger partial charge is 0.158 e. The second kappa shape index (κ2) is 5.14. The van der Waals surface area contributed by atoms with Crippen LogP contribution in [0, 0.1) is 0 Å². The Morgan fingerprint density at radius 3 is 2.65 bits per heavy atom. The number of rotatable bonds is 5. The molecule has 0 spiro atoms. The molecule has 0 atom stereocenters. The average molecular weight is 234 g/mol. The molecule has 0 amide bonds. The van der Waals surface area contributed by atoms with Crippen LogP contribution in [0.15, 0.2) is 16.7 Å². The number of aryl methyl sites for hydroxylation is 2. The summed E-state index contributed by atoms with van der Waals surface area (Å²) >= 11 is 0. The second-order valence-corrected chi connectivity index (χ2v) is 3.98. The molecule has 0 unspecified atom stereocenters. The highest BCUT2D eigenvalue weighted by Gasteiger charge is 2.09. The number of hydrogen-bond acceptors (Lipinski definition) is 4. The molecule has 0 aliphatic rings. The van der Waals surface area contributed by atoms with Crippen molar-refractivity contribution in [3.8, 4) is 0 Å². The maximum Gasteiger partial charge on any atom is 0.158 e. The van der Waals surface area contributed by atoms with Gasteiger partial charge >= 0.3 is 0 Å². The molecule has 92 valence electrons. The van der Waals surface area contributed by atoms with E-state index in [1.54, 1.807) is 0 Å². The topological polar surface area (TPSA) is 69.9 Å². The minimum atomic E-state index is 0.406. The summed E-state index contributed by atoms with van der Waals surface area (Å²) in [7, 11) is 0. The Kier molecular flexibility index (Phi) is 3.58. The van der Waals surface area contributed by atoms with Crippen molar-refractivity contribution in [3.05, 3.63) is 35.0 Å². The molecule has 0 saturated heterocycles. The Morgan fingerprint density at radius 2 is 2.06 bits per heavy atom. The van der Waals surface area contributed by atoms with E-state index < -0.39 is 0 Å². The molecule has 17 heavy (non-hydrogen) atoms. The van der Waals surface area contributed by atoms with Crippen LogP contribution in [-0.4, -0.2) is 14.9 Å². The molecule has 0 saturated carbocycles. The number of nitrogens with two attached hydrogens (primary N) is 1. The van der Waals surface area contributed by atoms with Gasteiger partial charge in [-0.05, 0) is 18.9 Å². The van der Waals surface area contributed by atoms with E-state index in [2.05, 4.69) is 30.2 Å². The van der Waals surface area contributed by atoms with Crippen molar-refractivity contribution in [1.29, 1.82) is 0 Å². The summed E-state index contributed by atoms with van der Waals surface area (Å²) in [6, 6.07) is 4.02. The molecule has 0 bridgehead atoms. The van der Waals surface area contributed by atoms with Crippen LogP contribution in [0.1, 0.15) is 36.7 Å². The van der Waals surface area contributed by atoms with Crippen molar-refractivity contribution in [2.45, 2.75) is 39.8 Å². The Morgan fingerprint density at radius 1 is 1.24 bits per heavy atom. The van der Waals surface area contributed by atoms with Crippen LogP contribution in [0.25, 0.3) is 0 Å². The van der Waals surface area contributed by atoms with Crippen LogP contribution in [0.3, 0.4) is 0 Å². The molecular formula is C12H18N4O. The molecule has 0 aromatic carbocycles. The molecule has 2 heterocycles. The number of hydrogen-bond donors (Lipinski definition) is 1. The van der Waals surface area contributed by atoms with Crippen molar-refractivity contribution in [2.75, 3.05) is 0 Å². The zero-order valence-corrected chi connectivity index (χ0v) is 10.3. The van der Waals surface area contributed by atoms with Gasteiger partial charge in [0.25, 0.3) is 0 Å². The predicted octanol–water partition coefficient (Wildman–Crippen LogP) is 1.50. The molecule has 0 fully saturated rings. The first kappa shape index (κ1) is 11.9. The summed E-state index contributed by atoms with van der Waals surface area (Å²) in [4.78, 5) is 0. The lowest BCUT2D eigenvalue weighted by Crippen LogP contribution is -2.05. The highest BCUT2D eigenvalue weighted by molar-refractivity contribution is 5.13. The summed E-state index contributed by atoms with van der Waals surface area (Å²) in [5.41, 5.74) is 8.60. The zero-order chi connectivity index (χ0) is 12.3. The molecule has 0 radical (unpaired) electrons. The van der Waals surface area contributed by atoms with Gasteiger partial charge in [0.1, 0.15) is 6.54 Å². The Bertz CT molecular complexity index is 486. The van der Waals surface area contributed by atoms with E-state index >= 15 is 0 Å². The van der Waals surface area contributed by atoms with Gasteiger partial charge in [0.2, 0.25) is 0 Å². The molecule has 2 aromatic heterocycles. The molecule has 2 rings (SSSR count). The van der Waals surface area contributed by atoms with E-state index in [0.29, 0.717) is 13.1 Å². The summed E-state index contributed by atoms with van der Waals surface area (Å²) < 4.78 is 7.18. The highest BCUT2D eigenvalue weighted by Crippen LogP contribution is 2.10. The minimum Gasteiger partial charge on any atom is -0.359 e. The van der Waals surface area contributed by atoms with Gasteiger partial charge < -0.3 is 10.3 Å². The van der Waals surface area contributed by atoms with Crippen LogP contribution in [0.5, 0.6) is 0 Å². The molecule has 0 aliphatic heterocycles. The lowest BCUT2D eigenvalue weighted by Gasteiger charge is -2.01. The first-order valence-corrected chi connectivity index (χ1v) is 5.97. The van der Waals surface area contributed by atoms with Crippen molar-refractivity contribution in [1.82, 2.24) is 14.9 Å². The van der Waals surface area contributed by atoms with Gasteiger partial charge in [-0.2, -0.15) is 5.10 Å². The quantitative estimate of drug-likeness (QED) is 0.851. The normalized spacial score (nSPS) is 11.0. The van der Waals surface area contributed by atoms with E-state index in [1.807, 2.05) is 10.7 Å². The van der Waals surface area contributed by atoms with E-state index in [9.17, 15) is 0 Å². The monoisotopic (exact) mass is 234 g/mol. The van der Waals surface area contributed by atoms with Crippen LogP contribution in [0.4, 0.5) is 0 Å². The molecule has 0 aliphatic carbocycles. The maximum atomic E-state index is 5.49. The predicted molar refractivity (Wildman–Crippen MR) is 64.5 cm³/mol. The Labute approximate surface area is 101 Å². The largest absolute Gasteiger partial charge is 0.359 e. The van der Waals surface area contributed by atoms with Crippen molar-refractivity contribution < 1.29 is 4.52 Å². The standard InChI is InChI=1S/C12H18N4O/c1-3-9-5-11(4-2)16(14-9)8-12-6-10(7-13)15-17-12/h5-6H,3-4,7-8,13H2,1-2H3. The number of aromatic nitrogens is 3. The third kappa shape index (κ3) is 2.55. The molecule has 2 aromatic rings. The molecular weight excluding hydrogens is 216 g/mol. The Hall–Kier alpha value is -1.62. The maximum absolute atomic E-state index is 5.49. The molecule has 2 N–H and O–H groups in total. The lowest BCUT2D eigenvalue weighted by atomic mass is 10.2. The van der Waals surface area contributed by atoms with E-state index in [1.165, 1.54) is 5.69 Å². The fourth-order valence-corrected chi connectivity index (χ4v) is 1.78. The highest BCUT2D eigenvalue weighted by atomic mass is 16.5. The van der Waals surface area contributed by atoms with Gasteiger partial charge in [0, 0.05) is 18.3 Å². The SMILES string of the molecule is CCc1cc(CC)n(Cc2cc(CN)no2)n1. The van der Waals surface area contributed by atoms with Crippen LogP contribution in [-0.2, 0) is 25.9 Å². The van der Waals surface area contributed by atoms with Crippen LogP contribution < -0.4 is 5.73 Å². The average Bonchev–Trinajstić information content (AvgIpc) is 2.95. The minimum absolute atomic E-state index is 0.406. The first-order chi connectivity index (χ1) is 8.26. The first-order valence-electron chi connectivity index (χ1n) is 5.97. The fourth-order valence-electron chi connectivity index (χ4n) is 1.78. The van der Waals surface area contributed by atoms with Gasteiger partial charge in [0.15, 0.2) is 5.76 Å². The van der Waals surface area contributed by atoms with Crippen molar-refractivity contribution >= 4 is 0 Å². The molecule has 5 nitrogen and oxygen atoms in total. The third-order valence-electron chi connectivity index (χ3n) is 2.76. The summed E-state index contributed by atoms with van der Waals surface area (Å²) in [6.07, 6.45) is 1.91. The van der Waals surface area contributed by atoms with Gasteiger partial charge in [-0.3, -0.25) is 4.68 Å². The third-order valence-corrected chi connectivity index (χ3v) is 2.76. The van der Waals surface area contributed by atoms with E-state index in [0.717, 1.165) is 30.0 Å². The van der Waals surface area contributed by atoms with Gasteiger partial charge in [0.05, 0.1) is 11.4 Å². The Balaban J connectivity index is 2.19. The summed E-state index contributed by atoms with van der Waals surface area (Å²) in [5, 5.41) is 8.40. The van der Waals surface area contributed by atoms with E-state index in [4.69, 9.17) is 10.3 Å². The van der Waals surface area contributed by atoms with Crippen molar-refractivity contribution in [2.24, 2.45) is 5.73 Å². The molecule has 5 heteroatoms. The zero-order valence-electron chi connectivity index (χ0n) is 10.3.